The van der Waals surface area contributed by atoms with Gasteiger partial charge >= 0.3 is 29.8 Å². The first-order valence-corrected chi connectivity index (χ1v) is 5.92. The van der Waals surface area contributed by atoms with Gasteiger partial charge in [0.25, 0.3) is 0 Å². The number of aliphatic hydroxyl groups excluding tert-OH is 1. The summed E-state index contributed by atoms with van der Waals surface area (Å²) in [5.41, 5.74) is -3.15. The highest BCUT2D eigenvalue weighted by Crippen LogP contribution is 2.18. The third kappa shape index (κ3) is 5.38. The van der Waals surface area contributed by atoms with Crippen LogP contribution >= 0.6 is 0 Å². The maximum absolute atomic E-state index is 10.8. The van der Waals surface area contributed by atoms with Crippen LogP contribution in [0.3, 0.4) is 0 Å². The number of hydrogen-bond donors (Lipinski definition) is 6. The van der Waals surface area contributed by atoms with Crippen molar-refractivity contribution in [1.29, 1.82) is 0 Å². The SMILES string of the molecule is CC(O)C(=O)O.O=C(O)c1cc(C(=O)O)c(C(=O)O)cc1C(=O)O. The molecule has 0 aliphatic carbocycles. The van der Waals surface area contributed by atoms with Gasteiger partial charge in [-0.1, -0.05) is 0 Å². The summed E-state index contributed by atoms with van der Waals surface area (Å²) in [5.74, 6) is -7.83. The van der Waals surface area contributed by atoms with Crippen LogP contribution in [-0.4, -0.2) is 66.6 Å². The van der Waals surface area contributed by atoms with Gasteiger partial charge in [-0.05, 0) is 19.1 Å². The molecule has 0 heterocycles. The zero-order valence-corrected chi connectivity index (χ0v) is 12.0. The molecule has 130 valence electrons. The average molecular weight is 344 g/mol. The Morgan fingerprint density at radius 1 is 0.667 bits per heavy atom. The summed E-state index contributed by atoms with van der Waals surface area (Å²) in [5, 5.41) is 50.8. The highest BCUT2D eigenvalue weighted by Gasteiger charge is 2.24. The van der Waals surface area contributed by atoms with Crippen molar-refractivity contribution in [3.8, 4) is 0 Å². The van der Waals surface area contributed by atoms with E-state index in [1.54, 1.807) is 0 Å². The standard InChI is InChI=1S/C10H6O8.C3H6O3/c11-7(12)3-1-4(8(13)14)6(10(17)18)2-5(3)9(15)16;1-2(4)3(5)6/h1-2H,(H,11,12)(H,13,14)(H,15,16)(H,17,18);2,4H,1H3,(H,5,6). The van der Waals surface area contributed by atoms with Gasteiger partial charge in [-0.3, -0.25) is 0 Å². The lowest BCUT2D eigenvalue weighted by Crippen LogP contribution is -2.15. The number of carboxylic acids is 5. The van der Waals surface area contributed by atoms with Crippen LogP contribution < -0.4 is 0 Å². The maximum atomic E-state index is 10.8. The fraction of sp³-hybridized carbons (Fsp3) is 0.154. The Morgan fingerprint density at radius 3 is 0.917 bits per heavy atom. The molecule has 24 heavy (non-hydrogen) atoms. The van der Waals surface area contributed by atoms with Crippen LogP contribution in [0.2, 0.25) is 0 Å². The molecule has 0 amide bonds. The number of carbonyl (C=O) groups is 5. The Hall–Kier alpha value is -3.47. The van der Waals surface area contributed by atoms with E-state index >= 15 is 0 Å². The normalized spacial score (nSPS) is 10.8. The predicted molar refractivity (Wildman–Crippen MR) is 73.6 cm³/mol. The molecular weight excluding hydrogens is 332 g/mol. The Bertz CT molecular complexity index is 604. The zero-order chi connectivity index (χ0) is 19.2. The van der Waals surface area contributed by atoms with E-state index in [0.717, 1.165) is 0 Å². The zero-order valence-electron chi connectivity index (χ0n) is 12.0. The van der Waals surface area contributed by atoms with Gasteiger partial charge in [0.2, 0.25) is 0 Å². The van der Waals surface area contributed by atoms with E-state index in [1.807, 2.05) is 0 Å². The van der Waals surface area contributed by atoms with E-state index in [9.17, 15) is 24.0 Å². The molecule has 0 radical (unpaired) electrons. The molecule has 1 aromatic carbocycles. The molecule has 11 heteroatoms. The minimum Gasteiger partial charge on any atom is -0.479 e. The summed E-state index contributed by atoms with van der Waals surface area (Å²) in [4.78, 5) is 52.6. The van der Waals surface area contributed by atoms with Crippen molar-refractivity contribution in [2.45, 2.75) is 13.0 Å². The Morgan fingerprint density at radius 2 is 0.833 bits per heavy atom. The first-order valence-electron chi connectivity index (χ1n) is 5.92. The van der Waals surface area contributed by atoms with E-state index in [1.165, 1.54) is 6.92 Å². The molecular formula is C13H12O11. The summed E-state index contributed by atoms with van der Waals surface area (Å²) in [7, 11) is 0. The molecule has 1 aromatic rings. The van der Waals surface area contributed by atoms with Crippen molar-refractivity contribution in [2.24, 2.45) is 0 Å². The average Bonchev–Trinajstić information content (AvgIpc) is 2.45. The molecule has 0 saturated carbocycles. The Labute approximate surface area is 133 Å². The molecule has 0 aliphatic heterocycles. The lowest BCUT2D eigenvalue weighted by Gasteiger charge is -2.06. The predicted octanol–water partition coefficient (Wildman–Crippen LogP) is -0.0688. The highest BCUT2D eigenvalue weighted by molar-refractivity contribution is 6.09. The number of benzene rings is 1. The molecule has 11 nitrogen and oxygen atoms in total. The van der Waals surface area contributed by atoms with E-state index in [0.29, 0.717) is 12.1 Å². The van der Waals surface area contributed by atoms with Crippen LogP contribution in [0.4, 0.5) is 0 Å². The Balaban J connectivity index is 0.000000754. The monoisotopic (exact) mass is 344 g/mol. The number of aliphatic carboxylic acids is 1. The molecule has 0 bridgehead atoms. The summed E-state index contributed by atoms with van der Waals surface area (Å²) in [6, 6.07) is 1.02. The molecule has 0 aliphatic rings. The summed E-state index contributed by atoms with van der Waals surface area (Å²) in [6.45, 7) is 1.20. The lowest BCUT2D eigenvalue weighted by molar-refractivity contribution is -0.145. The van der Waals surface area contributed by atoms with Crippen molar-refractivity contribution < 1.29 is 54.6 Å². The second kappa shape index (κ2) is 8.24. The summed E-state index contributed by atoms with van der Waals surface area (Å²) < 4.78 is 0. The quantitative estimate of drug-likeness (QED) is 0.416. The van der Waals surface area contributed by atoms with Crippen LogP contribution in [0.15, 0.2) is 12.1 Å². The van der Waals surface area contributed by atoms with E-state index in [-0.39, 0.29) is 0 Å². The van der Waals surface area contributed by atoms with Crippen LogP contribution in [0.25, 0.3) is 0 Å². The molecule has 1 rings (SSSR count). The van der Waals surface area contributed by atoms with Gasteiger partial charge in [-0.25, -0.2) is 24.0 Å². The third-order valence-corrected chi connectivity index (χ3v) is 2.44. The molecule has 0 fully saturated rings. The maximum Gasteiger partial charge on any atom is 0.336 e. The number of aromatic carboxylic acids is 4. The fourth-order valence-corrected chi connectivity index (χ4v) is 1.31. The molecule has 0 spiro atoms. The third-order valence-electron chi connectivity index (χ3n) is 2.44. The smallest absolute Gasteiger partial charge is 0.336 e. The van der Waals surface area contributed by atoms with E-state index < -0.39 is 58.2 Å². The van der Waals surface area contributed by atoms with Crippen LogP contribution in [0.1, 0.15) is 48.4 Å². The molecule has 1 unspecified atom stereocenters. The first-order chi connectivity index (χ1) is 10.9. The van der Waals surface area contributed by atoms with Gasteiger partial charge in [0, 0.05) is 0 Å². The van der Waals surface area contributed by atoms with Gasteiger partial charge in [-0.2, -0.15) is 0 Å². The van der Waals surface area contributed by atoms with Crippen LogP contribution in [0.5, 0.6) is 0 Å². The van der Waals surface area contributed by atoms with Gasteiger partial charge in [-0.15, -0.1) is 0 Å². The summed E-state index contributed by atoms with van der Waals surface area (Å²) >= 11 is 0. The van der Waals surface area contributed by atoms with Crippen molar-refractivity contribution in [3.63, 3.8) is 0 Å². The van der Waals surface area contributed by atoms with Crippen molar-refractivity contribution in [1.82, 2.24) is 0 Å². The van der Waals surface area contributed by atoms with Crippen molar-refractivity contribution in [3.05, 3.63) is 34.4 Å². The number of aliphatic hydroxyl groups is 1. The minimum absolute atomic E-state index is 0.511. The highest BCUT2D eigenvalue weighted by atomic mass is 16.4. The van der Waals surface area contributed by atoms with Gasteiger partial charge < -0.3 is 30.6 Å². The second-order valence-corrected chi connectivity index (χ2v) is 4.18. The van der Waals surface area contributed by atoms with Gasteiger partial charge in [0.05, 0.1) is 22.3 Å². The summed E-state index contributed by atoms with van der Waals surface area (Å²) in [6.07, 6.45) is -1.23. The van der Waals surface area contributed by atoms with Crippen LogP contribution in [-0.2, 0) is 4.79 Å². The van der Waals surface area contributed by atoms with Gasteiger partial charge in [0.1, 0.15) is 6.10 Å². The number of hydrogen-bond acceptors (Lipinski definition) is 6. The van der Waals surface area contributed by atoms with Crippen molar-refractivity contribution >= 4 is 29.8 Å². The minimum atomic E-state index is -1.66. The largest absolute Gasteiger partial charge is 0.479 e. The fourth-order valence-electron chi connectivity index (χ4n) is 1.31. The van der Waals surface area contributed by atoms with Gasteiger partial charge in [0.15, 0.2) is 0 Å². The van der Waals surface area contributed by atoms with Crippen LogP contribution in [0, 0.1) is 0 Å². The number of rotatable bonds is 5. The second-order valence-electron chi connectivity index (χ2n) is 4.18. The Kier molecular flexibility index (Phi) is 7.05. The van der Waals surface area contributed by atoms with E-state index in [4.69, 9.17) is 30.6 Å². The molecule has 1 atom stereocenters. The van der Waals surface area contributed by atoms with Crippen molar-refractivity contribution in [2.75, 3.05) is 0 Å². The molecule has 0 saturated heterocycles. The first kappa shape index (κ1) is 20.5. The lowest BCUT2D eigenvalue weighted by atomic mass is 9.98. The topological polar surface area (TPSA) is 207 Å². The van der Waals surface area contributed by atoms with E-state index in [2.05, 4.69) is 0 Å². The number of carboxylic acid groups (broad SMARTS) is 5. The molecule has 0 aromatic heterocycles. The molecule has 6 N–H and O–H groups in total.